The van der Waals surface area contributed by atoms with Gasteiger partial charge in [-0.3, -0.25) is 0 Å². The highest BCUT2D eigenvalue weighted by Gasteiger charge is 2.11. The Hall–Kier alpha value is -1.27. The van der Waals surface area contributed by atoms with E-state index in [1.54, 1.807) is 0 Å². The number of nitrogens with one attached hydrogen (secondary N) is 1. The highest BCUT2D eigenvalue weighted by molar-refractivity contribution is 6.30. The van der Waals surface area contributed by atoms with Gasteiger partial charge in [0.2, 0.25) is 0 Å². The molecule has 0 saturated heterocycles. The fraction of sp³-hybridized carbons (Fsp3) is 0.500. The van der Waals surface area contributed by atoms with Gasteiger partial charge in [-0.05, 0) is 12.8 Å². The van der Waals surface area contributed by atoms with Gasteiger partial charge in [0, 0.05) is 5.56 Å². The zero-order chi connectivity index (χ0) is 12.0. The van der Waals surface area contributed by atoms with Crippen LogP contribution in [0.4, 0.5) is 5.82 Å². The van der Waals surface area contributed by atoms with Gasteiger partial charge in [-0.2, -0.15) is 0 Å². The van der Waals surface area contributed by atoms with E-state index in [-0.39, 0.29) is 6.04 Å². The van der Waals surface area contributed by atoms with Gasteiger partial charge in [0.1, 0.15) is 17.3 Å². The minimum absolute atomic E-state index is 0.00117. The first-order valence-corrected chi connectivity index (χ1v) is 5.82. The molecule has 0 saturated carbocycles. The van der Waals surface area contributed by atoms with E-state index >= 15 is 0 Å². The van der Waals surface area contributed by atoms with Gasteiger partial charge >= 0.3 is 0 Å². The number of terminal acetylenes is 1. The lowest BCUT2D eigenvalue weighted by molar-refractivity contribution is 0.750. The van der Waals surface area contributed by atoms with Crippen molar-refractivity contribution < 1.29 is 0 Å². The molecule has 1 rings (SSSR count). The highest BCUT2D eigenvalue weighted by atomic mass is 35.5. The van der Waals surface area contributed by atoms with Crippen molar-refractivity contribution in [3.8, 4) is 12.3 Å². The fourth-order valence-corrected chi connectivity index (χ4v) is 1.75. The van der Waals surface area contributed by atoms with Crippen LogP contribution >= 0.6 is 11.6 Å². The second-order valence-electron chi connectivity index (χ2n) is 3.50. The van der Waals surface area contributed by atoms with Crippen LogP contribution in [-0.2, 0) is 6.42 Å². The van der Waals surface area contributed by atoms with Crippen LogP contribution in [0.15, 0.2) is 6.33 Å². The molecule has 1 aromatic heterocycles. The number of hydrogen-bond acceptors (Lipinski definition) is 3. The Bertz CT molecular complexity index is 384. The molecule has 3 nitrogen and oxygen atoms in total. The van der Waals surface area contributed by atoms with Crippen molar-refractivity contribution >= 4 is 17.4 Å². The van der Waals surface area contributed by atoms with Crippen LogP contribution in [0.3, 0.4) is 0 Å². The van der Waals surface area contributed by atoms with E-state index in [4.69, 9.17) is 18.0 Å². The van der Waals surface area contributed by atoms with Gasteiger partial charge < -0.3 is 5.32 Å². The minimum Gasteiger partial charge on any atom is -0.356 e. The van der Waals surface area contributed by atoms with E-state index in [1.807, 2.05) is 6.92 Å². The SMILES string of the molecule is C#CC(CCC)Nc1ncnc(Cl)c1CC. The number of halogens is 1. The Kier molecular flexibility index (Phi) is 5.07. The maximum Gasteiger partial charge on any atom is 0.137 e. The molecular formula is C12H16ClN3. The predicted octanol–water partition coefficient (Wildman–Crippen LogP) is 2.91. The molecular weight excluding hydrogens is 222 g/mol. The van der Waals surface area contributed by atoms with Gasteiger partial charge in [-0.25, -0.2) is 9.97 Å². The summed E-state index contributed by atoms with van der Waals surface area (Å²) in [4.78, 5) is 8.13. The molecule has 0 amide bonds. The first-order valence-electron chi connectivity index (χ1n) is 5.44. The summed E-state index contributed by atoms with van der Waals surface area (Å²) in [7, 11) is 0. The average molecular weight is 238 g/mol. The molecule has 0 bridgehead atoms. The molecule has 1 atom stereocenters. The van der Waals surface area contributed by atoms with Crippen LogP contribution in [-0.4, -0.2) is 16.0 Å². The fourth-order valence-electron chi connectivity index (χ4n) is 1.48. The van der Waals surface area contributed by atoms with Crippen molar-refractivity contribution in [2.24, 2.45) is 0 Å². The summed E-state index contributed by atoms with van der Waals surface area (Å²) in [5.74, 6) is 3.46. The summed E-state index contributed by atoms with van der Waals surface area (Å²) in [6, 6.07) is 0.00117. The van der Waals surface area contributed by atoms with Crippen LogP contribution in [0.1, 0.15) is 32.3 Å². The molecule has 0 radical (unpaired) electrons. The number of anilines is 1. The first-order chi connectivity index (χ1) is 7.72. The van der Waals surface area contributed by atoms with E-state index in [1.165, 1.54) is 6.33 Å². The number of aromatic nitrogens is 2. The van der Waals surface area contributed by atoms with Gasteiger partial charge in [-0.15, -0.1) is 6.42 Å². The maximum atomic E-state index is 5.99. The third-order valence-electron chi connectivity index (χ3n) is 2.34. The molecule has 86 valence electrons. The lowest BCUT2D eigenvalue weighted by atomic mass is 10.1. The summed E-state index contributed by atoms with van der Waals surface area (Å²) >= 11 is 5.99. The molecule has 1 N–H and O–H groups in total. The van der Waals surface area contributed by atoms with Crippen molar-refractivity contribution in [1.82, 2.24) is 9.97 Å². The predicted molar refractivity (Wildman–Crippen MR) is 67.6 cm³/mol. The van der Waals surface area contributed by atoms with Crippen molar-refractivity contribution in [2.45, 2.75) is 39.2 Å². The molecule has 0 spiro atoms. The van der Waals surface area contributed by atoms with Crippen LogP contribution in [0.2, 0.25) is 5.15 Å². The third kappa shape index (κ3) is 3.11. The lowest BCUT2D eigenvalue weighted by Gasteiger charge is -2.15. The monoisotopic (exact) mass is 237 g/mol. The zero-order valence-electron chi connectivity index (χ0n) is 9.63. The number of nitrogens with zero attached hydrogens (tertiary/aromatic N) is 2. The van der Waals surface area contributed by atoms with Gasteiger partial charge in [-0.1, -0.05) is 37.8 Å². The van der Waals surface area contributed by atoms with Crippen molar-refractivity contribution in [3.05, 3.63) is 17.0 Å². The van der Waals surface area contributed by atoms with E-state index < -0.39 is 0 Å². The lowest BCUT2D eigenvalue weighted by Crippen LogP contribution is -2.19. The Morgan fingerprint density at radius 1 is 1.50 bits per heavy atom. The number of rotatable bonds is 5. The first kappa shape index (κ1) is 12.8. The van der Waals surface area contributed by atoms with Gasteiger partial charge in [0.05, 0.1) is 6.04 Å². The Morgan fingerprint density at radius 2 is 2.25 bits per heavy atom. The summed E-state index contributed by atoms with van der Waals surface area (Å²) in [5.41, 5.74) is 0.917. The smallest absolute Gasteiger partial charge is 0.137 e. The highest BCUT2D eigenvalue weighted by Crippen LogP contribution is 2.21. The molecule has 0 fully saturated rings. The molecule has 4 heteroatoms. The standard InChI is InChI=1S/C12H16ClN3/c1-4-7-9(5-2)16-12-10(6-3)11(13)14-8-15-12/h2,8-9H,4,6-7H2,1,3H3,(H,14,15,16). The molecule has 0 aliphatic heterocycles. The molecule has 1 unspecified atom stereocenters. The second-order valence-corrected chi connectivity index (χ2v) is 3.86. The normalized spacial score (nSPS) is 11.9. The quantitative estimate of drug-likeness (QED) is 0.632. The Labute approximate surface area is 102 Å². The molecule has 1 heterocycles. The average Bonchev–Trinajstić information content (AvgIpc) is 2.28. The maximum absolute atomic E-state index is 5.99. The third-order valence-corrected chi connectivity index (χ3v) is 2.66. The van der Waals surface area contributed by atoms with Crippen LogP contribution in [0.25, 0.3) is 0 Å². The van der Waals surface area contributed by atoms with Crippen molar-refractivity contribution in [2.75, 3.05) is 5.32 Å². The van der Waals surface area contributed by atoms with Crippen molar-refractivity contribution in [3.63, 3.8) is 0 Å². The van der Waals surface area contributed by atoms with Gasteiger partial charge in [0.25, 0.3) is 0 Å². The largest absolute Gasteiger partial charge is 0.356 e. The van der Waals surface area contributed by atoms with E-state index in [0.717, 1.165) is 30.6 Å². The number of hydrogen-bond donors (Lipinski definition) is 1. The van der Waals surface area contributed by atoms with E-state index in [9.17, 15) is 0 Å². The van der Waals surface area contributed by atoms with Crippen LogP contribution in [0.5, 0.6) is 0 Å². The molecule has 0 aromatic carbocycles. The van der Waals surface area contributed by atoms with Crippen molar-refractivity contribution in [1.29, 1.82) is 0 Å². The topological polar surface area (TPSA) is 37.8 Å². The Morgan fingerprint density at radius 3 is 2.81 bits per heavy atom. The molecule has 0 aliphatic carbocycles. The zero-order valence-corrected chi connectivity index (χ0v) is 10.4. The molecule has 1 aromatic rings. The summed E-state index contributed by atoms with van der Waals surface area (Å²) < 4.78 is 0. The Balaban J connectivity index is 2.88. The van der Waals surface area contributed by atoms with Crippen LogP contribution < -0.4 is 5.32 Å². The van der Waals surface area contributed by atoms with Crippen LogP contribution in [0, 0.1) is 12.3 Å². The van der Waals surface area contributed by atoms with Gasteiger partial charge in [0.15, 0.2) is 0 Å². The van der Waals surface area contributed by atoms with E-state index in [2.05, 4.69) is 28.1 Å². The van der Waals surface area contributed by atoms with E-state index in [0.29, 0.717) is 5.15 Å². The minimum atomic E-state index is 0.00117. The summed E-state index contributed by atoms with van der Waals surface area (Å²) in [5, 5.41) is 3.71. The molecule has 16 heavy (non-hydrogen) atoms. The summed E-state index contributed by atoms with van der Waals surface area (Å²) in [6.45, 7) is 4.11. The second kappa shape index (κ2) is 6.34. The molecule has 0 aliphatic rings. The summed E-state index contributed by atoms with van der Waals surface area (Å²) in [6.07, 6.45) is 9.63.